The zero-order valence-corrected chi connectivity index (χ0v) is 11.2. The van der Waals surface area contributed by atoms with Crippen molar-refractivity contribution >= 4 is 12.1 Å². The number of hydrogen-bond acceptors (Lipinski definition) is 3. The Hall–Kier alpha value is -1.82. The Morgan fingerprint density at radius 3 is 2.84 bits per heavy atom. The molecule has 1 fully saturated rings. The highest BCUT2D eigenvalue weighted by atomic mass is 16.3. The normalized spacial score (nSPS) is 22.6. The van der Waals surface area contributed by atoms with E-state index in [0.717, 1.165) is 4.90 Å². The van der Waals surface area contributed by atoms with Crippen LogP contribution in [0.5, 0.6) is 0 Å². The minimum absolute atomic E-state index is 0.160. The highest BCUT2D eigenvalue weighted by Gasteiger charge is 2.44. The molecule has 4 amide bonds. The first-order valence-electron chi connectivity index (χ1n) is 6.30. The fourth-order valence-electron chi connectivity index (χ4n) is 2.36. The monoisotopic (exact) mass is 265 g/mol. The van der Waals surface area contributed by atoms with Crippen LogP contribution >= 0.6 is 0 Å². The standard InChI is InChI=1S/C13H19N3O3/c1-13(2,19)7-8-15-9-5-3-4-6-10(9)16(11(14)17)12(15)18/h3-4,6,9,19H,5,7-8H2,1-2H3,(H2,14,17). The summed E-state index contributed by atoms with van der Waals surface area (Å²) < 4.78 is 0. The molecule has 2 aliphatic rings. The van der Waals surface area contributed by atoms with E-state index in [9.17, 15) is 14.7 Å². The Kier molecular flexibility index (Phi) is 3.36. The van der Waals surface area contributed by atoms with Gasteiger partial charge in [-0.2, -0.15) is 0 Å². The van der Waals surface area contributed by atoms with Crippen LogP contribution in [0.25, 0.3) is 0 Å². The molecule has 6 nitrogen and oxygen atoms in total. The average molecular weight is 265 g/mol. The lowest BCUT2D eigenvalue weighted by Crippen LogP contribution is -2.41. The number of nitrogens with zero attached hydrogens (tertiary/aromatic N) is 2. The van der Waals surface area contributed by atoms with Gasteiger partial charge in [-0.3, -0.25) is 0 Å². The number of allylic oxidation sites excluding steroid dienone is 2. The quantitative estimate of drug-likeness (QED) is 0.803. The van der Waals surface area contributed by atoms with Crippen LogP contribution in [0.3, 0.4) is 0 Å². The summed E-state index contributed by atoms with van der Waals surface area (Å²) in [4.78, 5) is 26.2. The molecule has 6 heteroatoms. The Balaban J connectivity index is 2.21. The van der Waals surface area contributed by atoms with Crippen LogP contribution in [0.2, 0.25) is 0 Å². The van der Waals surface area contributed by atoms with Gasteiger partial charge in [-0.25, -0.2) is 14.5 Å². The second-order valence-electron chi connectivity index (χ2n) is 5.48. The molecule has 1 atom stereocenters. The van der Waals surface area contributed by atoms with Gasteiger partial charge in [-0.05, 0) is 32.8 Å². The van der Waals surface area contributed by atoms with Crippen molar-refractivity contribution in [3.05, 3.63) is 23.9 Å². The Morgan fingerprint density at radius 1 is 1.58 bits per heavy atom. The maximum absolute atomic E-state index is 12.2. The summed E-state index contributed by atoms with van der Waals surface area (Å²) >= 11 is 0. The zero-order chi connectivity index (χ0) is 14.2. The Labute approximate surface area is 112 Å². The summed E-state index contributed by atoms with van der Waals surface area (Å²) in [6, 6.07) is -1.33. The van der Waals surface area contributed by atoms with Gasteiger partial charge < -0.3 is 15.7 Å². The smallest absolute Gasteiger partial charge is 0.333 e. The molecule has 1 unspecified atom stereocenters. The molecular weight excluding hydrogens is 246 g/mol. The van der Waals surface area contributed by atoms with E-state index >= 15 is 0 Å². The molecule has 0 aromatic rings. The summed E-state index contributed by atoms with van der Waals surface area (Å²) in [6.45, 7) is 3.77. The molecule has 0 saturated carbocycles. The van der Waals surface area contributed by atoms with Gasteiger partial charge in [-0.15, -0.1) is 0 Å². The van der Waals surface area contributed by atoms with Gasteiger partial charge in [0.1, 0.15) is 0 Å². The molecule has 1 heterocycles. The van der Waals surface area contributed by atoms with E-state index in [4.69, 9.17) is 5.73 Å². The predicted molar refractivity (Wildman–Crippen MR) is 70.1 cm³/mol. The van der Waals surface area contributed by atoms with E-state index in [-0.39, 0.29) is 6.04 Å². The number of aliphatic hydroxyl groups is 1. The molecule has 0 aromatic heterocycles. The molecule has 0 bridgehead atoms. The van der Waals surface area contributed by atoms with E-state index in [1.54, 1.807) is 24.8 Å². The molecule has 0 aromatic carbocycles. The maximum atomic E-state index is 12.2. The van der Waals surface area contributed by atoms with Crippen LogP contribution in [-0.4, -0.2) is 45.2 Å². The Bertz CT molecular complexity index is 462. The topological polar surface area (TPSA) is 86.9 Å². The third-order valence-electron chi connectivity index (χ3n) is 3.36. The minimum Gasteiger partial charge on any atom is -0.390 e. The van der Waals surface area contributed by atoms with Crippen molar-refractivity contribution in [2.75, 3.05) is 6.54 Å². The molecule has 1 saturated heterocycles. The van der Waals surface area contributed by atoms with E-state index in [1.807, 2.05) is 12.2 Å². The van der Waals surface area contributed by atoms with Crippen LogP contribution < -0.4 is 5.73 Å². The number of carbonyl (C=O) groups excluding carboxylic acids is 2. The first-order valence-corrected chi connectivity index (χ1v) is 6.30. The summed E-state index contributed by atoms with van der Waals surface area (Å²) in [6.07, 6.45) is 6.60. The molecule has 19 heavy (non-hydrogen) atoms. The zero-order valence-electron chi connectivity index (χ0n) is 11.2. The number of hydrogen-bond donors (Lipinski definition) is 2. The summed E-state index contributed by atoms with van der Waals surface area (Å²) in [5.74, 6) is 0. The van der Waals surface area contributed by atoms with Crippen LogP contribution in [0.1, 0.15) is 26.7 Å². The molecule has 1 aliphatic carbocycles. The van der Waals surface area contributed by atoms with Crippen LogP contribution in [0.15, 0.2) is 23.9 Å². The molecule has 3 N–H and O–H groups in total. The second-order valence-corrected chi connectivity index (χ2v) is 5.48. The van der Waals surface area contributed by atoms with Crippen molar-refractivity contribution in [1.82, 2.24) is 9.80 Å². The highest BCUT2D eigenvalue weighted by molar-refractivity contribution is 5.98. The average Bonchev–Trinajstić information content (AvgIpc) is 2.57. The molecule has 0 spiro atoms. The van der Waals surface area contributed by atoms with Gasteiger partial charge in [0, 0.05) is 6.54 Å². The molecule has 0 radical (unpaired) electrons. The lowest BCUT2D eigenvalue weighted by molar-refractivity contribution is 0.0606. The fraction of sp³-hybridized carbons (Fsp3) is 0.538. The predicted octanol–water partition coefficient (Wildman–Crippen LogP) is 1.18. The van der Waals surface area contributed by atoms with Gasteiger partial charge in [0.05, 0.1) is 17.3 Å². The first-order chi connectivity index (χ1) is 8.81. The maximum Gasteiger partial charge on any atom is 0.333 e. The van der Waals surface area contributed by atoms with E-state index in [1.165, 1.54) is 0 Å². The summed E-state index contributed by atoms with van der Waals surface area (Å²) in [5.41, 5.74) is 5.03. The lowest BCUT2D eigenvalue weighted by Gasteiger charge is -2.26. The third kappa shape index (κ3) is 2.63. The summed E-state index contributed by atoms with van der Waals surface area (Å²) in [5, 5.41) is 9.76. The van der Waals surface area contributed by atoms with Crippen LogP contribution in [0, 0.1) is 0 Å². The number of nitrogens with two attached hydrogens (primary N) is 1. The summed E-state index contributed by atoms with van der Waals surface area (Å²) in [7, 11) is 0. The molecular formula is C13H19N3O3. The number of imide groups is 1. The number of urea groups is 2. The van der Waals surface area contributed by atoms with E-state index in [0.29, 0.717) is 25.1 Å². The number of carbonyl (C=O) groups is 2. The van der Waals surface area contributed by atoms with Crippen molar-refractivity contribution in [3.8, 4) is 0 Å². The van der Waals surface area contributed by atoms with E-state index < -0.39 is 17.7 Å². The van der Waals surface area contributed by atoms with Crippen LogP contribution in [0.4, 0.5) is 9.59 Å². The highest BCUT2D eigenvalue weighted by Crippen LogP contribution is 2.31. The Morgan fingerprint density at radius 2 is 2.26 bits per heavy atom. The second kappa shape index (κ2) is 4.70. The largest absolute Gasteiger partial charge is 0.390 e. The minimum atomic E-state index is -0.852. The van der Waals surface area contributed by atoms with Gasteiger partial charge >= 0.3 is 12.1 Å². The lowest BCUT2D eigenvalue weighted by atomic mass is 10.0. The third-order valence-corrected chi connectivity index (χ3v) is 3.36. The molecule has 2 rings (SSSR count). The first kappa shape index (κ1) is 13.6. The van der Waals surface area contributed by atoms with Crippen molar-refractivity contribution in [3.63, 3.8) is 0 Å². The molecule has 104 valence electrons. The molecule has 1 aliphatic heterocycles. The van der Waals surface area contributed by atoms with Gasteiger partial charge in [0.15, 0.2) is 0 Å². The van der Waals surface area contributed by atoms with Gasteiger partial charge in [-0.1, -0.05) is 12.2 Å². The van der Waals surface area contributed by atoms with Gasteiger partial charge in [0.2, 0.25) is 0 Å². The fourth-order valence-corrected chi connectivity index (χ4v) is 2.36. The van der Waals surface area contributed by atoms with E-state index in [2.05, 4.69) is 0 Å². The van der Waals surface area contributed by atoms with Gasteiger partial charge in [0.25, 0.3) is 0 Å². The number of primary amides is 1. The van der Waals surface area contributed by atoms with Crippen molar-refractivity contribution < 1.29 is 14.7 Å². The number of fused-ring (bicyclic) bond motifs is 1. The number of rotatable bonds is 3. The van der Waals surface area contributed by atoms with Crippen molar-refractivity contribution in [1.29, 1.82) is 0 Å². The van der Waals surface area contributed by atoms with Crippen molar-refractivity contribution in [2.45, 2.75) is 38.3 Å². The SMILES string of the molecule is CC(C)(O)CCN1C(=O)N(C(N)=O)C2=CC=CCC21. The van der Waals surface area contributed by atoms with Crippen molar-refractivity contribution in [2.24, 2.45) is 5.73 Å². The van der Waals surface area contributed by atoms with Crippen LogP contribution in [-0.2, 0) is 0 Å². The number of amides is 4.